The first kappa shape index (κ1) is 17.2. The Kier molecular flexibility index (Phi) is 6.93. The summed E-state index contributed by atoms with van der Waals surface area (Å²) < 4.78 is 17.0. The number of hydrogen-bond acceptors (Lipinski definition) is 4. The Balaban J connectivity index is 1.94. The molecule has 0 aromatic heterocycles. The molecular weight excluding hydrogens is 266 g/mol. The van der Waals surface area contributed by atoms with Gasteiger partial charge in [0.2, 0.25) is 0 Å². The SMILES string of the molecule is CCCNC(CC(C)COC)C1CCOC2(CCOC2)C1. The van der Waals surface area contributed by atoms with Crippen LogP contribution in [-0.4, -0.2) is 51.7 Å². The van der Waals surface area contributed by atoms with Crippen molar-refractivity contribution in [2.24, 2.45) is 11.8 Å². The molecule has 124 valence electrons. The highest BCUT2D eigenvalue weighted by molar-refractivity contribution is 4.94. The quantitative estimate of drug-likeness (QED) is 0.748. The third-order valence-corrected chi connectivity index (χ3v) is 4.93. The molecule has 0 aliphatic carbocycles. The topological polar surface area (TPSA) is 39.7 Å². The smallest absolute Gasteiger partial charge is 0.0939 e. The predicted molar refractivity (Wildman–Crippen MR) is 84.6 cm³/mol. The average molecular weight is 299 g/mol. The van der Waals surface area contributed by atoms with Crippen LogP contribution in [0.5, 0.6) is 0 Å². The summed E-state index contributed by atoms with van der Waals surface area (Å²) >= 11 is 0. The number of rotatable bonds is 8. The van der Waals surface area contributed by atoms with Gasteiger partial charge in [-0.1, -0.05) is 13.8 Å². The van der Waals surface area contributed by atoms with Crippen LogP contribution >= 0.6 is 0 Å². The molecule has 0 bridgehead atoms. The molecule has 0 aromatic carbocycles. The summed E-state index contributed by atoms with van der Waals surface area (Å²) in [5, 5.41) is 3.78. The Morgan fingerprint density at radius 1 is 1.38 bits per heavy atom. The van der Waals surface area contributed by atoms with Gasteiger partial charge in [-0.15, -0.1) is 0 Å². The molecule has 2 fully saturated rings. The van der Waals surface area contributed by atoms with Crippen LogP contribution in [0.3, 0.4) is 0 Å². The molecule has 0 aromatic rings. The largest absolute Gasteiger partial charge is 0.384 e. The molecule has 2 saturated heterocycles. The minimum absolute atomic E-state index is 0.0134. The fourth-order valence-corrected chi connectivity index (χ4v) is 3.83. The summed E-state index contributed by atoms with van der Waals surface area (Å²) in [6, 6.07) is 0.580. The van der Waals surface area contributed by atoms with E-state index in [9.17, 15) is 0 Å². The number of ether oxygens (including phenoxy) is 3. The Hall–Kier alpha value is -0.160. The fraction of sp³-hybridized carbons (Fsp3) is 1.00. The average Bonchev–Trinajstić information content (AvgIpc) is 2.91. The molecule has 1 spiro atoms. The first-order chi connectivity index (χ1) is 10.2. The van der Waals surface area contributed by atoms with Gasteiger partial charge in [-0.3, -0.25) is 0 Å². The van der Waals surface area contributed by atoms with E-state index < -0.39 is 0 Å². The van der Waals surface area contributed by atoms with Crippen LogP contribution in [0.1, 0.15) is 46.0 Å². The van der Waals surface area contributed by atoms with Crippen LogP contribution < -0.4 is 5.32 Å². The molecule has 1 N–H and O–H groups in total. The van der Waals surface area contributed by atoms with E-state index in [-0.39, 0.29) is 5.60 Å². The molecule has 2 aliphatic rings. The molecule has 0 radical (unpaired) electrons. The van der Waals surface area contributed by atoms with E-state index in [1.165, 1.54) is 19.3 Å². The van der Waals surface area contributed by atoms with Gasteiger partial charge in [0.15, 0.2) is 0 Å². The second-order valence-corrected chi connectivity index (χ2v) is 6.94. The summed E-state index contributed by atoms with van der Waals surface area (Å²) in [4.78, 5) is 0. The van der Waals surface area contributed by atoms with Crippen molar-refractivity contribution in [3.8, 4) is 0 Å². The van der Waals surface area contributed by atoms with E-state index in [0.29, 0.717) is 17.9 Å². The van der Waals surface area contributed by atoms with Crippen LogP contribution in [0.25, 0.3) is 0 Å². The van der Waals surface area contributed by atoms with Gasteiger partial charge in [0.05, 0.1) is 12.2 Å². The summed E-state index contributed by atoms with van der Waals surface area (Å²) in [6.45, 7) is 9.01. The van der Waals surface area contributed by atoms with Crippen LogP contribution in [0, 0.1) is 11.8 Å². The zero-order valence-corrected chi connectivity index (χ0v) is 14.0. The van der Waals surface area contributed by atoms with E-state index in [1.54, 1.807) is 7.11 Å². The van der Waals surface area contributed by atoms with Crippen molar-refractivity contribution in [3.05, 3.63) is 0 Å². The lowest BCUT2D eigenvalue weighted by Gasteiger charge is -2.41. The van der Waals surface area contributed by atoms with Crippen molar-refractivity contribution in [3.63, 3.8) is 0 Å². The third kappa shape index (κ3) is 4.92. The van der Waals surface area contributed by atoms with Crippen LogP contribution in [-0.2, 0) is 14.2 Å². The van der Waals surface area contributed by atoms with E-state index in [1.807, 2.05) is 0 Å². The van der Waals surface area contributed by atoms with Gasteiger partial charge in [0.25, 0.3) is 0 Å². The van der Waals surface area contributed by atoms with E-state index in [0.717, 1.165) is 45.8 Å². The molecule has 2 heterocycles. The highest BCUT2D eigenvalue weighted by Crippen LogP contribution is 2.38. The second-order valence-electron chi connectivity index (χ2n) is 6.94. The standard InChI is InChI=1S/C17H33NO3/c1-4-7-18-16(10-14(2)12-19-3)15-5-8-21-17(11-15)6-9-20-13-17/h14-16,18H,4-13H2,1-3H3. The minimum atomic E-state index is 0.0134. The fourth-order valence-electron chi connectivity index (χ4n) is 3.83. The lowest BCUT2D eigenvalue weighted by molar-refractivity contribution is -0.104. The molecular formula is C17H33NO3. The van der Waals surface area contributed by atoms with Gasteiger partial charge in [0, 0.05) is 39.4 Å². The minimum Gasteiger partial charge on any atom is -0.384 e. The Morgan fingerprint density at radius 2 is 2.24 bits per heavy atom. The zero-order chi connectivity index (χ0) is 15.1. The summed E-state index contributed by atoms with van der Waals surface area (Å²) in [5.41, 5.74) is 0.0134. The Morgan fingerprint density at radius 3 is 2.90 bits per heavy atom. The van der Waals surface area contributed by atoms with Gasteiger partial charge >= 0.3 is 0 Å². The van der Waals surface area contributed by atoms with Crippen molar-refractivity contribution >= 4 is 0 Å². The van der Waals surface area contributed by atoms with Gasteiger partial charge in [-0.05, 0) is 44.1 Å². The molecule has 4 atom stereocenters. The highest BCUT2D eigenvalue weighted by Gasteiger charge is 2.42. The highest BCUT2D eigenvalue weighted by atomic mass is 16.6. The lowest BCUT2D eigenvalue weighted by atomic mass is 9.78. The zero-order valence-electron chi connectivity index (χ0n) is 14.0. The molecule has 0 amide bonds. The van der Waals surface area contributed by atoms with Gasteiger partial charge in [-0.25, -0.2) is 0 Å². The maximum absolute atomic E-state index is 6.09. The van der Waals surface area contributed by atoms with E-state index in [2.05, 4.69) is 19.2 Å². The van der Waals surface area contributed by atoms with Crippen molar-refractivity contribution in [1.82, 2.24) is 5.32 Å². The maximum Gasteiger partial charge on any atom is 0.0939 e. The Labute approximate surface area is 129 Å². The summed E-state index contributed by atoms with van der Waals surface area (Å²) in [5.74, 6) is 1.30. The molecule has 2 rings (SSSR count). The molecule has 4 nitrogen and oxygen atoms in total. The maximum atomic E-state index is 6.09. The van der Waals surface area contributed by atoms with Crippen molar-refractivity contribution in [1.29, 1.82) is 0 Å². The summed E-state index contributed by atoms with van der Waals surface area (Å²) in [7, 11) is 1.80. The van der Waals surface area contributed by atoms with E-state index >= 15 is 0 Å². The second kappa shape index (κ2) is 8.47. The molecule has 21 heavy (non-hydrogen) atoms. The number of methoxy groups -OCH3 is 1. The molecule has 4 heteroatoms. The lowest BCUT2D eigenvalue weighted by Crippen LogP contribution is -2.48. The van der Waals surface area contributed by atoms with Crippen molar-refractivity contribution in [2.75, 3.05) is 40.1 Å². The van der Waals surface area contributed by atoms with Crippen LogP contribution in [0.15, 0.2) is 0 Å². The number of hydrogen-bond donors (Lipinski definition) is 1. The van der Waals surface area contributed by atoms with Crippen molar-refractivity contribution < 1.29 is 14.2 Å². The Bertz CT molecular complexity index is 292. The summed E-state index contributed by atoms with van der Waals surface area (Å²) in [6.07, 6.45) is 5.76. The van der Waals surface area contributed by atoms with Gasteiger partial charge in [0.1, 0.15) is 0 Å². The monoisotopic (exact) mass is 299 g/mol. The molecule has 4 unspecified atom stereocenters. The van der Waals surface area contributed by atoms with Crippen LogP contribution in [0.2, 0.25) is 0 Å². The van der Waals surface area contributed by atoms with Gasteiger partial charge < -0.3 is 19.5 Å². The predicted octanol–water partition coefficient (Wildman–Crippen LogP) is 2.61. The first-order valence-corrected chi connectivity index (χ1v) is 8.63. The van der Waals surface area contributed by atoms with Crippen LogP contribution in [0.4, 0.5) is 0 Å². The van der Waals surface area contributed by atoms with E-state index in [4.69, 9.17) is 14.2 Å². The van der Waals surface area contributed by atoms with Gasteiger partial charge in [-0.2, -0.15) is 0 Å². The normalized spacial score (nSPS) is 32.4. The third-order valence-electron chi connectivity index (χ3n) is 4.93. The molecule has 0 saturated carbocycles. The molecule has 2 aliphatic heterocycles. The van der Waals surface area contributed by atoms with Crippen molar-refractivity contribution in [2.45, 2.75) is 57.6 Å². The first-order valence-electron chi connectivity index (χ1n) is 8.63. The number of nitrogens with one attached hydrogen (secondary N) is 1.